The molecule has 1 spiro atoms. The molecule has 2 heterocycles. The summed E-state index contributed by atoms with van der Waals surface area (Å²) in [7, 11) is 0. The monoisotopic (exact) mass is 527 g/mol. The Hall–Kier alpha value is -3.81. The number of allylic oxidation sites excluding steroid dienone is 1. The summed E-state index contributed by atoms with van der Waals surface area (Å²) < 4.78 is 0. The van der Waals surface area contributed by atoms with E-state index in [0.29, 0.717) is 38.0 Å². The molecule has 5 rings (SSSR count). The number of urea groups is 1. The lowest BCUT2D eigenvalue weighted by molar-refractivity contribution is -0.126. The maximum atomic E-state index is 13.4. The van der Waals surface area contributed by atoms with Crippen molar-refractivity contribution in [1.82, 2.24) is 20.5 Å². The summed E-state index contributed by atoms with van der Waals surface area (Å²) in [6, 6.07) is 5.98. The number of aliphatic imine (C=N–C) groups is 1. The van der Waals surface area contributed by atoms with Gasteiger partial charge < -0.3 is 20.3 Å². The molecule has 0 saturated heterocycles. The zero-order chi connectivity index (χ0) is 27.6. The fourth-order valence-electron chi connectivity index (χ4n) is 6.27. The quantitative estimate of drug-likeness (QED) is 0.308. The summed E-state index contributed by atoms with van der Waals surface area (Å²) in [6.45, 7) is 7.80. The number of benzene rings is 1. The maximum absolute atomic E-state index is 13.4. The SMILES string of the molecule is C=C/C=N\C1=C[C@@]2(Cc3cc4cc(CN(C(=O)NC(C)C)C5(C=O)CCCCCC5)cnc4cc3C2)C(=O)N1. The highest BCUT2D eigenvalue weighted by Crippen LogP contribution is 2.43. The Kier molecular flexibility index (Phi) is 7.38. The molecule has 1 atom stereocenters. The van der Waals surface area contributed by atoms with Crippen molar-refractivity contribution in [2.24, 2.45) is 10.4 Å². The van der Waals surface area contributed by atoms with Gasteiger partial charge in [-0.25, -0.2) is 9.79 Å². The van der Waals surface area contributed by atoms with E-state index < -0.39 is 11.0 Å². The number of aromatic nitrogens is 1. The van der Waals surface area contributed by atoms with Gasteiger partial charge in [0.05, 0.1) is 10.9 Å². The largest absolute Gasteiger partial charge is 0.336 e. The fraction of sp³-hybridized carbons (Fsp3) is 0.452. The van der Waals surface area contributed by atoms with E-state index in [4.69, 9.17) is 4.98 Å². The molecule has 204 valence electrons. The van der Waals surface area contributed by atoms with Gasteiger partial charge in [0.25, 0.3) is 0 Å². The molecule has 2 N–H and O–H groups in total. The molecule has 8 heteroatoms. The van der Waals surface area contributed by atoms with Crippen LogP contribution in [-0.2, 0) is 29.0 Å². The summed E-state index contributed by atoms with van der Waals surface area (Å²) in [4.78, 5) is 49.6. The van der Waals surface area contributed by atoms with Gasteiger partial charge in [-0.1, -0.05) is 38.3 Å². The number of hydrogen-bond donors (Lipinski definition) is 2. The van der Waals surface area contributed by atoms with Crippen LogP contribution in [0.2, 0.25) is 0 Å². The molecule has 1 saturated carbocycles. The van der Waals surface area contributed by atoms with Crippen LogP contribution >= 0.6 is 0 Å². The highest BCUT2D eigenvalue weighted by Gasteiger charge is 2.46. The van der Waals surface area contributed by atoms with E-state index in [-0.39, 0.29) is 18.0 Å². The minimum atomic E-state index is -0.817. The summed E-state index contributed by atoms with van der Waals surface area (Å²) in [5.41, 5.74) is 2.49. The Morgan fingerprint density at radius 1 is 1.18 bits per heavy atom. The van der Waals surface area contributed by atoms with Crippen molar-refractivity contribution >= 4 is 35.3 Å². The predicted molar refractivity (Wildman–Crippen MR) is 152 cm³/mol. The minimum absolute atomic E-state index is 0.0380. The fourth-order valence-corrected chi connectivity index (χ4v) is 6.27. The lowest BCUT2D eigenvalue weighted by atomic mass is 9.85. The van der Waals surface area contributed by atoms with E-state index in [0.717, 1.165) is 59.6 Å². The van der Waals surface area contributed by atoms with E-state index in [1.807, 2.05) is 19.9 Å². The van der Waals surface area contributed by atoms with Gasteiger partial charge in [-0.2, -0.15) is 0 Å². The molecule has 1 aliphatic heterocycles. The lowest BCUT2D eigenvalue weighted by Crippen LogP contribution is -2.56. The van der Waals surface area contributed by atoms with Crippen molar-refractivity contribution in [3.8, 4) is 0 Å². The molecule has 1 fully saturated rings. The van der Waals surface area contributed by atoms with Gasteiger partial charge in [0, 0.05) is 30.4 Å². The Bertz CT molecular complexity index is 1370. The second-order valence-electron chi connectivity index (χ2n) is 11.5. The second-order valence-corrected chi connectivity index (χ2v) is 11.5. The number of amides is 3. The molecule has 8 nitrogen and oxygen atoms in total. The Morgan fingerprint density at radius 3 is 2.56 bits per heavy atom. The highest BCUT2D eigenvalue weighted by atomic mass is 16.2. The van der Waals surface area contributed by atoms with Crippen LogP contribution in [0.4, 0.5) is 4.79 Å². The lowest BCUT2D eigenvalue weighted by Gasteiger charge is -2.40. The summed E-state index contributed by atoms with van der Waals surface area (Å²) >= 11 is 0. The zero-order valence-corrected chi connectivity index (χ0v) is 22.8. The number of nitrogens with zero attached hydrogens (tertiary/aromatic N) is 3. The van der Waals surface area contributed by atoms with Gasteiger partial charge >= 0.3 is 6.03 Å². The van der Waals surface area contributed by atoms with Gasteiger partial charge in [-0.3, -0.25) is 9.78 Å². The van der Waals surface area contributed by atoms with Crippen LogP contribution in [0, 0.1) is 5.41 Å². The maximum Gasteiger partial charge on any atom is 0.318 e. The first-order chi connectivity index (χ1) is 18.8. The average Bonchev–Trinajstić information content (AvgIpc) is 3.29. The third-order valence-corrected chi connectivity index (χ3v) is 8.22. The minimum Gasteiger partial charge on any atom is -0.336 e. The number of nitrogens with one attached hydrogen (secondary N) is 2. The Labute approximate surface area is 229 Å². The number of fused-ring (bicyclic) bond motifs is 2. The third kappa shape index (κ3) is 5.24. The Balaban J connectivity index is 1.45. The number of rotatable bonds is 7. The number of carbonyl (C=O) groups excluding carboxylic acids is 3. The number of carbonyl (C=O) groups is 3. The van der Waals surface area contributed by atoms with Gasteiger partial charge in [0.15, 0.2) is 0 Å². The summed E-state index contributed by atoms with van der Waals surface area (Å²) in [5, 5.41) is 6.85. The number of aldehydes is 1. The first-order valence-corrected chi connectivity index (χ1v) is 13.9. The standard InChI is InChI=1S/C31H37N5O3/c1-4-11-32-27-17-30(28(38)35-27)15-24-13-23-12-22(18-33-26(23)14-25(24)16-30)19-36(29(39)34-21(2)3)31(20-37)9-7-5-6-8-10-31/h4,11-14,17-18,20-21H,1,5-10,15-16,19H2,2-3H3,(H,34,39)(H,35,38)/b32-11-/t30-/m0/s1. The van der Waals surface area contributed by atoms with Gasteiger partial charge in [0.2, 0.25) is 5.91 Å². The van der Waals surface area contributed by atoms with Crippen LogP contribution in [0.15, 0.2) is 53.9 Å². The Morgan fingerprint density at radius 2 is 1.90 bits per heavy atom. The van der Waals surface area contributed by atoms with Crippen LogP contribution in [-0.4, -0.2) is 45.9 Å². The summed E-state index contributed by atoms with van der Waals surface area (Å²) in [5.74, 6) is 0.516. The van der Waals surface area contributed by atoms with Gasteiger partial charge in [-0.05, 0) is 80.5 Å². The topological polar surface area (TPSA) is 104 Å². The number of hydrogen-bond acceptors (Lipinski definition) is 5. The van der Waals surface area contributed by atoms with Crippen LogP contribution in [0.1, 0.15) is 69.1 Å². The van der Waals surface area contributed by atoms with Crippen LogP contribution in [0.5, 0.6) is 0 Å². The number of pyridine rings is 1. The van der Waals surface area contributed by atoms with Crippen molar-refractivity contribution in [2.45, 2.75) is 83.3 Å². The zero-order valence-electron chi connectivity index (χ0n) is 22.8. The van der Waals surface area contributed by atoms with E-state index in [2.05, 4.69) is 40.4 Å². The third-order valence-electron chi connectivity index (χ3n) is 8.22. The highest BCUT2D eigenvalue weighted by molar-refractivity contribution is 5.92. The van der Waals surface area contributed by atoms with Crippen molar-refractivity contribution in [2.75, 3.05) is 0 Å². The van der Waals surface area contributed by atoms with Crippen molar-refractivity contribution in [3.63, 3.8) is 0 Å². The second kappa shape index (κ2) is 10.8. The first kappa shape index (κ1) is 26.8. The molecule has 1 aromatic carbocycles. The molecule has 1 aromatic heterocycles. The molecule has 0 bridgehead atoms. The van der Waals surface area contributed by atoms with E-state index >= 15 is 0 Å². The van der Waals surface area contributed by atoms with E-state index in [1.165, 1.54) is 0 Å². The van der Waals surface area contributed by atoms with Gasteiger partial charge in [-0.15, -0.1) is 0 Å². The van der Waals surface area contributed by atoms with E-state index in [9.17, 15) is 14.4 Å². The molecule has 2 aromatic rings. The molecule has 39 heavy (non-hydrogen) atoms. The van der Waals surface area contributed by atoms with Crippen molar-refractivity contribution in [1.29, 1.82) is 0 Å². The molecule has 2 aliphatic carbocycles. The van der Waals surface area contributed by atoms with Crippen LogP contribution < -0.4 is 10.6 Å². The molecule has 0 radical (unpaired) electrons. The van der Waals surface area contributed by atoms with Crippen molar-refractivity contribution < 1.29 is 14.4 Å². The molecule has 3 aliphatic rings. The van der Waals surface area contributed by atoms with Gasteiger partial charge in [0.1, 0.15) is 17.6 Å². The normalized spacial score (nSPS) is 22.0. The van der Waals surface area contributed by atoms with Crippen LogP contribution in [0.3, 0.4) is 0 Å². The smallest absolute Gasteiger partial charge is 0.318 e. The predicted octanol–water partition coefficient (Wildman–Crippen LogP) is 4.76. The van der Waals surface area contributed by atoms with Crippen LogP contribution in [0.25, 0.3) is 10.9 Å². The molecular weight excluding hydrogens is 490 g/mol. The molecule has 0 unspecified atom stereocenters. The molecular formula is C31H37N5O3. The molecule has 3 amide bonds. The van der Waals surface area contributed by atoms with E-state index in [1.54, 1.807) is 23.4 Å². The van der Waals surface area contributed by atoms with Crippen molar-refractivity contribution in [3.05, 3.63) is 65.6 Å². The first-order valence-electron chi connectivity index (χ1n) is 13.9. The summed E-state index contributed by atoms with van der Waals surface area (Å²) in [6.07, 6.45) is 14.4. The average molecular weight is 528 g/mol.